The van der Waals surface area contributed by atoms with Crippen molar-refractivity contribution in [1.29, 1.82) is 0 Å². The molecular weight excluding hydrogens is 589 g/mol. The molecule has 45 heavy (non-hydrogen) atoms. The molecule has 6 aromatic carbocycles. The van der Waals surface area contributed by atoms with Gasteiger partial charge in [0.05, 0.1) is 31.6 Å². The fourth-order valence-corrected chi connectivity index (χ4v) is 8.08. The van der Waals surface area contributed by atoms with Crippen LogP contribution in [0.2, 0.25) is 0 Å². The molecule has 0 amide bonds. The number of aromatic nitrogens is 4. The lowest BCUT2D eigenvalue weighted by Gasteiger charge is -2.11. The number of fused-ring (bicyclic) bond motifs is 10. The van der Waals surface area contributed by atoms with Crippen LogP contribution in [0.15, 0.2) is 133 Å². The van der Waals surface area contributed by atoms with Crippen LogP contribution < -0.4 is 0 Å². The third-order valence-corrected chi connectivity index (χ3v) is 10.0. The van der Waals surface area contributed by atoms with Crippen molar-refractivity contribution >= 4 is 84.8 Å². The standard InChI is InChI=1S/C39H22N4S2/c1-2-11-23(12-3-1)37-40-38(29-17-10-16-26-24-13-5-8-19-32(24)44-35(26)29)42-39(41-37)43-30-18-7-4-15-28(30)34-31(43)22-21-27-25-14-6-9-20-33(25)45-36(27)34/h1-22H/i1D,2D,3D,4D,6D,7D,9D,11D,12D,14D,15D,18D,20D,21D,22D. The Morgan fingerprint density at radius 1 is 0.511 bits per heavy atom. The van der Waals surface area contributed by atoms with Crippen molar-refractivity contribution in [3.63, 3.8) is 0 Å². The zero-order valence-electron chi connectivity index (χ0n) is 37.6. The van der Waals surface area contributed by atoms with Crippen LogP contribution in [-0.4, -0.2) is 19.5 Å². The van der Waals surface area contributed by atoms with Gasteiger partial charge < -0.3 is 0 Å². The van der Waals surface area contributed by atoms with Crippen molar-refractivity contribution < 1.29 is 20.6 Å². The predicted octanol–water partition coefficient (Wildman–Crippen LogP) is 11.0. The molecule has 0 bridgehead atoms. The van der Waals surface area contributed by atoms with Crippen molar-refractivity contribution in [2.45, 2.75) is 0 Å². The number of nitrogens with zero attached hydrogens (tertiary/aromatic N) is 4. The maximum atomic E-state index is 9.52. The highest BCUT2D eigenvalue weighted by Gasteiger charge is 2.21. The van der Waals surface area contributed by atoms with E-state index < -0.39 is 84.6 Å². The molecule has 6 heteroatoms. The molecule has 0 aliphatic rings. The third-order valence-electron chi connectivity index (χ3n) is 7.66. The molecule has 0 saturated carbocycles. The van der Waals surface area contributed by atoms with Crippen molar-refractivity contribution in [2.24, 2.45) is 0 Å². The molecule has 0 radical (unpaired) electrons. The molecule has 0 fully saturated rings. The summed E-state index contributed by atoms with van der Waals surface area (Å²) in [6.07, 6.45) is 0. The van der Waals surface area contributed by atoms with E-state index in [1.807, 2.05) is 30.3 Å². The molecule has 0 unspecified atom stereocenters. The van der Waals surface area contributed by atoms with Gasteiger partial charge in [0.2, 0.25) is 5.95 Å². The van der Waals surface area contributed by atoms with Crippen molar-refractivity contribution in [2.75, 3.05) is 0 Å². The largest absolute Gasteiger partial charge is 0.278 e. The maximum absolute atomic E-state index is 9.52. The molecule has 0 aliphatic heterocycles. The van der Waals surface area contributed by atoms with Crippen molar-refractivity contribution in [1.82, 2.24) is 19.5 Å². The van der Waals surface area contributed by atoms with Gasteiger partial charge in [0.15, 0.2) is 11.6 Å². The first-order chi connectivity index (χ1) is 28.5. The van der Waals surface area contributed by atoms with E-state index >= 15 is 0 Å². The molecule has 10 aromatic rings. The van der Waals surface area contributed by atoms with Crippen LogP contribution in [0.1, 0.15) is 20.6 Å². The second-order valence-corrected chi connectivity index (χ2v) is 12.2. The lowest BCUT2D eigenvalue weighted by atomic mass is 10.1. The summed E-state index contributed by atoms with van der Waals surface area (Å²) in [5.74, 6) is -0.758. The first-order valence-corrected chi connectivity index (χ1v) is 15.3. The Hall–Kier alpha value is -5.43. The van der Waals surface area contributed by atoms with Crippen LogP contribution in [0.25, 0.3) is 90.9 Å². The number of rotatable bonds is 3. The normalized spacial score (nSPS) is 16.7. The first kappa shape index (κ1) is 14.6. The summed E-state index contributed by atoms with van der Waals surface area (Å²) in [7, 11) is 0. The lowest BCUT2D eigenvalue weighted by Crippen LogP contribution is -2.06. The second-order valence-electron chi connectivity index (χ2n) is 10.1. The van der Waals surface area contributed by atoms with Crippen LogP contribution in [-0.2, 0) is 0 Å². The van der Waals surface area contributed by atoms with E-state index in [-0.39, 0.29) is 71.2 Å². The Kier molecular flexibility index (Phi) is 3.09. The van der Waals surface area contributed by atoms with Gasteiger partial charge in [0.25, 0.3) is 0 Å². The van der Waals surface area contributed by atoms with Crippen LogP contribution in [0.5, 0.6) is 0 Å². The van der Waals surface area contributed by atoms with Gasteiger partial charge in [-0.05, 0) is 30.3 Å². The van der Waals surface area contributed by atoms with E-state index in [0.29, 0.717) is 5.56 Å². The Morgan fingerprint density at radius 2 is 1.27 bits per heavy atom. The highest BCUT2D eigenvalue weighted by atomic mass is 32.1. The van der Waals surface area contributed by atoms with E-state index in [0.717, 1.165) is 31.5 Å². The average Bonchev–Trinajstić information content (AvgIpc) is 3.95. The SMILES string of the molecule is [2H]c1c([2H])c([2H])c(-c2nc(-c3cccc4c3sc3ccccc34)nc(-n3c4c([2H])c([2H])c([2H])c([2H])c4c4c5sc6c([2H])c([2H])c([2H])c([2H])c6c5c([2H])c([2H])c43)n2)c([2H])c1[2H]. The van der Waals surface area contributed by atoms with Gasteiger partial charge >= 0.3 is 0 Å². The topological polar surface area (TPSA) is 43.6 Å². The number of hydrogen-bond acceptors (Lipinski definition) is 5. The zero-order valence-corrected chi connectivity index (χ0v) is 24.3. The summed E-state index contributed by atoms with van der Waals surface area (Å²) < 4.78 is 135. The fourth-order valence-electron chi connectivity index (χ4n) is 5.76. The van der Waals surface area contributed by atoms with E-state index in [1.165, 1.54) is 15.9 Å². The number of para-hydroxylation sites is 1. The fraction of sp³-hybridized carbons (Fsp3) is 0. The molecule has 4 aromatic heterocycles. The Labute approximate surface area is 286 Å². The number of hydrogen-bond donors (Lipinski definition) is 0. The predicted molar refractivity (Wildman–Crippen MR) is 191 cm³/mol. The van der Waals surface area contributed by atoms with Gasteiger partial charge in [0.1, 0.15) is 0 Å². The third kappa shape index (κ3) is 3.67. The highest BCUT2D eigenvalue weighted by Crippen LogP contribution is 2.44. The monoisotopic (exact) mass is 625 g/mol. The zero-order chi connectivity index (χ0) is 42.5. The van der Waals surface area contributed by atoms with Gasteiger partial charge in [0, 0.05) is 62.2 Å². The smallest absolute Gasteiger partial charge is 0.238 e. The minimum absolute atomic E-state index is 0.00134. The van der Waals surface area contributed by atoms with Gasteiger partial charge in [-0.2, -0.15) is 9.97 Å². The maximum Gasteiger partial charge on any atom is 0.238 e. The van der Waals surface area contributed by atoms with Crippen molar-refractivity contribution in [3.8, 4) is 28.7 Å². The van der Waals surface area contributed by atoms with Crippen LogP contribution in [0.4, 0.5) is 0 Å². The van der Waals surface area contributed by atoms with Gasteiger partial charge in [-0.15, -0.1) is 22.7 Å². The highest BCUT2D eigenvalue weighted by molar-refractivity contribution is 7.27. The molecule has 10 rings (SSSR count). The molecular formula is C39H22N4S2. The van der Waals surface area contributed by atoms with E-state index in [1.54, 1.807) is 12.1 Å². The summed E-state index contributed by atoms with van der Waals surface area (Å²) in [6.45, 7) is 0. The molecule has 4 nitrogen and oxygen atoms in total. The molecule has 0 N–H and O–H groups in total. The summed E-state index contributed by atoms with van der Waals surface area (Å²) >= 11 is 2.35. The Balaban J connectivity index is 1.44. The second kappa shape index (κ2) is 9.53. The van der Waals surface area contributed by atoms with Crippen LogP contribution in [0.3, 0.4) is 0 Å². The molecule has 0 atom stereocenters. The molecule has 0 spiro atoms. The quantitative estimate of drug-likeness (QED) is 0.196. The van der Waals surface area contributed by atoms with Gasteiger partial charge in [-0.3, -0.25) is 4.57 Å². The van der Waals surface area contributed by atoms with Crippen LogP contribution in [0, 0.1) is 0 Å². The van der Waals surface area contributed by atoms with Crippen LogP contribution >= 0.6 is 22.7 Å². The molecule has 210 valence electrons. The lowest BCUT2D eigenvalue weighted by molar-refractivity contribution is 0.955. The van der Waals surface area contributed by atoms with Crippen molar-refractivity contribution in [3.05, 3.63) is 133 Å². The van der Waals surface area contributed by atoms with E-state index in [9.17, 15) is 5.48 Å². The van der Waals surface area contributed by atoms with Gasteiger partial charge in [-0.25, -0.2) is 4.98 Å². The first-order valence-electron chi connectivity index (χ1n) is 21.2. The Morgan fingerprint density at radius 3 is 2.20 bits per heavy atom. The van der Waals surface area contributed by atoms with Gasteiger partial charge in [-0.1, -0.05) is 103 Å². The number of benzene rings is 6. The Bertz CT molecular complexity index is 3610. The average molecular weight is 626 g/mol. The minimum Gasteiger partial charge on any atom is -0.278 e. The molecule has 0 saturated heterocycles. The summed E-state index contributed by atoms with van der Waals surface area (Å²) in [4.78, 5) is 14.3. The minimum atomic E-state index is -0.652. The summed E-state index contributed by atoms with van der Waals surface area (Å²) in [5.41, 5.74) is -0.269. The summed E-state index contributed by atoms with van der Waals surface area (Å²) in [6, 6.07) is 4.84. The van der Waals surface area contributed by atoms with E-state index in [4.69, 9.17) is 25.0 Å². The molecule has 0 aliphatic carbocycles. The summed E-state index contributed by atoms with van der Waals surface area (Å²) in [5, 5.41) is 1.75. The number of thiophene rings is 2. The molecule has 4 heterocycles. The van der Waals surface area contributed by atoms with E-state index in [2.05, 4.69) is 4.98 Å².